The van der Waals surface area contributed by atoms with Gasteiger partial charge in [-0.15, -0.1) is 0 Å². The average molecular weight is 386 g/mol. The summed E-state index contributed by atoms with van der Waals surface area (Å²) >= 11 is 1.59. The Morgan fingerprint density at radius 3 is 2.78 bits per heavy atom. The third-order valence-corrected chi connectivity index (χ3v) is 7.20. The van der Waals surface area contributed by atoms with Gasteiger partial charge in [-0.1, -0.05) is 25.0 Å². The first-order valence-electron chi connectivity index (χ1n) is 10.2. The van der Waals surface area contributed by atoms with Crippen molar-refractivity contribution >= 4 is 33.5 Å². The maximum atomic E-state index is 12.3. The zero-order valence-electron chi connectivity index (χ0n) is 15.6. The summed E-state index contributed by atoms with van der Waals surface area (Å²) in [4.78, 5) is 19.3. The lowest BCUT2D eigenvalue weighted by molar-refractivity contribution is 0.167. The van der Waals surface area contributed by atoms with Gasteiger partial charge >= 0.3 is 6.03 Å². The maximum absolute atomic E-state index is 12.3. The SMILES string of the molecule is O=C1NC2CCCCC2N1CCN1CCN(c2nsc3ccccc23)CC1. The standard InChI is InChI=1S/C20H27N5OS/c26-20-21-16-6-2-3-7-17(16)25(20)14-11-23-9-12-24(13-10-23)19-15-5-1-4-8-18(15)27-22-19/h1,4-5,8,16-17H,2-3,6-7,9-14H2,(H,21,26). The second kappa shape index (κ2) is 7.28. The molecular weight excluding hydrogens is 358 g/mol. The molecule has 6 nitrogen and oxygen atoms in total. The molecule has 0 bridgehead atoms. The highest BCUT2D eigenvalue weighted by molar-refractivity contribution is 7.13. The number of rotatable bonds is 4. The quantitative estimate of drug-likeness (QED) is 0.879. The summed E-state index contributed by atoms with van der Waals surface area (Å²) in [6, 6.07) is 9.46. The lowest BCUT2D eigenvalue weighted by Gasteiger charge is -2.36. The van der Waals surface area contributed by atoms with Crippen molar-refractivity contribution in [3.05, 3.63) is 24.3 Å². The Balaban J connectivity index is 1.16. The number of aromatic nitrogens is 1. The van der Waals surface area contributed by atoms with Crippen molar-refractivity contribution in [1.82, 2.24) is 19.5 Å². The molecule has 2 atom stereocenters. The molecule has 0 spiro atoms. The van der Waals surface area contributed by atoms with E-state index in [-0.39, 0.29) is 6.03 Å². The van der Waals surface area contributed by atoms with Crippen LogP contribution in [0.3, 0.4) is 0 Å². The van der Waals surface area contributed by atoms with Gasteiger partial charge in [-0.25, -0.2) is 4.79 Å². The second-order valence-corrected chi connectivity index (χ2v) is 8.74. The molecule has 3 heterocycles. The van der Waals surface area contributed by atoms with Gasteiger partial charge in [-0.3, -0.25) is 4.90 Å². The van der Waals surface area contributed by atoms with E-state index in [9.17, 15) is 4.79 Å². The van der Waals surface area contributed by atoms with Crippen LogP contribution in [-0.4, -0.2) is 71.6 Å². The number of piperazine rings is 1. The number of hydrogen-bond donors (Lipinski definition) is 1. The molecule has 2 unspecified atom stereocenters. The third kappa shape index (κ3) is 3.27. The van der Waals surface area contributed by atoms with E-state index in [2.05, 4.69) is 44.3 Å². The molecule has 1 aliphatic carbocycles. The fourth-order valence-corrected chi connectivity index (χ4v) is 5.64. The highest BCUT2D eigenvalue weighted by Crippen LogP contribution is 2.30. The number of anilines is 1. The molecule has 2 aliphatic heterocycles. The first-order valence-corrected chi connectivity index (χ1v) is 11.0. The van der Waals surface area contributed by atoms with Crippen LogP contribution in [0, 0.1) is 0 Å². The summed E-state index contributed by atoms with van der Waals surface area (Å²) < 4.78 is 5.96. The molecule has 7 heteroatoms. The number of nitrogens with zero attached hydrogens (tertiary/aromatic N) is 4. The normalized spacial score (nSPS) is 26.4. The Kier molecular flexibility index (Phi) is 4.65. The molecule has 27 heavy (non-hydrogen) atoms. The lowest BCUT2D eigenvalue weighted by atomic mass is 9.91. The van der Waals surface area contributed by atoms with Crippen LogP contribution < -0.4 is 10.2 Å². The van der Waals surface area contributed by atoms with Crippen LogP contribution in [0.15, 0.2) is 24.3 Å². The zero-order valence-corrected chi connectivity index (χ0v) is 16.5. The summed E-state index contributed by atoms with van der Waals surface area (Å²) in [6.45, 7) is 5.91. The summed E-state index contributed by atoms with van der Waals surface area (Å²) in [5.41, 5.74) is 0. The molecule has 2 amide bonds. The van der Waals surface area contributed by atoms with Crippen LogP contribution in [0.5, 0.6) is 0 Å². The largest absolute Gasteiger partial charge is 0.353 e. The van der Waals surface area contributed by atoms with E-state index in [1.165, 1.54) is 22.9 Å². The minimum Gasteiger partial charge on any atom is -0.353 e. The molecule has 5 rings (SSSR count). The number of fused-ring (bicyclic) bond motifs is 2. The van der Waals surface area contributed by atoms with Gasteiger partial charge in [0.25, 0.3) is 0 Å². The molecular formula is C20H27N5OS. The van der Waals surface area contributed by atoms with Crippen molar-refractivity contribution in [1.29, 1.82) is 0 Å². The number of nitrogens with one attached hydrogen (secondary N) is 1. The number of carbonyl (C=O) groups is 1. The van der Waals surface area contributed by atoms with Crippen LogP contribution in [0.2, 0.25) is 0 Å². The second-order valence-electron chi connectivity index (χ2n) is 7.93. The van der Waals surface area contributed by atoms with E-state index in [4.69, 9.17) is 4.37 Å². The van der Waals surface area contributed by atoms with Crippen molar-refractivity contribution in [2.45, 2.75) is 37.8 Å². The molecule has 1 aromatic carbocycles. The van der Waals surface area contributed by atoms with Crippen LogP contribution in [-0.2, 0) is 0 Å². The smallest absolute Gasteiger partial charge is 0.318 e. The summed E-state index contributed by atoms with van der Waals surface area (Å²) in [5, 5.41) is 4.46. The summed E-state index contributed by atoms with van der Waals surface area (Å²) in [5.74, 6) is 1.14. The van der Waals surface area contributed by atoms with Gasteiger partial charge in [-0.2, -0.15) is 4.37 Å². The minimum absolute atomic E-state index is 0.152. The third-order valence-electron chi connectivity index (χ3n) is 6.39. The van der Waals surface area contributed by atoms with Crippen LogP contribution in [0.25, 0.3) is 10.1 Å². The molecule has 1 N–H and O–H groups in total. The van der Waals surface area contributed by atoms with Gasteiger partial charge < -0.3 is 15.1 Å². The van der Waals surface area contributed by atoms with Crippen molar-refractivity contribution < 1.29 is 4.79 Å². The van der Waals surface area contributed by atoms with E-state index in [0.29, 0.717) is 12.1 Å². The van der Waals surface area contributed by atoms with Gasteiger partial charge in [0.2, 0.25) is 0 Å². The van der Waals surface area contributed by atoms with Gasteiger partial charge in [-0.05, 0) is 36.5 Å². The lowest BCUT2D eigenvalue weighted by Crippen LogP contribution is -2.50. The van der Waals surface area contributed by atoms with Gasteiger partial charge in [0.1, 0.15) is 5.82 Å². The zero-order chi connectivity index (χ0) is 18.2. The fourth-order valence-electron chi connectivity index (χ4n) is 4.85. The van der Waals surface area contributed by atoms with Crippen LogP contribution >= 0.6 is 11.5 Å². The van der Waals surface area contributed by atoms with E-state index in [1.807, 2.05) is 0 Å². The van der Waals surface area contributed by atoms with Crippen molar-refractivity contribution in [2.24, 2.45) is 0 Å². The van der Waals surface area contributed by atoms with Crippen LogP contribution in [0.4, 0.5) is 10.6 Å². The fraction of sp³-hybridized carbons (Fsp3) is 0.600. The monoisotopic (exact) mass is 385 g/mol. The molecule has 1 saturated carbocycles. The van der Waals surface area contributed by atoms with Gasteiger partial charge in [0.05, 0.1) is 16.8 Å². The summed E-state index contributed by atoms with van der Waals surface area (Å²) in [7, 11) is 0. The molecule has 2 saturated heterocycles. The Bertz CT molecular complexity index is 816. The minimum atomic E-state index is 0.152. The molecule has 0 radical (unpaired) electrons. The number of urea groups is 1. The molecule has 3 aliphatic rings. The predicted octanol–water partition coefficient (Wildman–Crippen LogP) is 2.75. The Labute approximate surface area is 164 Å². The first-order chi connectivity index (χ1) is 13.3. The molecule has 3 fully saturated rings. The average Bonchev–Trinajstić information content (AvgIpc) is 3.27. The van der Waals surface area contributed by atoms with Crippen molar-refractivity contribution in [2.75, 3.05) is 44.2 Å². The highest BCUT2D eigenvalue weighted by Gasteiger charge is 2.40. The number of benzene rings is 1. The van der Waals surface area contributed by atoms with Crippen LogP contribution in [0.1, 0.15) is 25.7 Å². The van der Waals surface area contributed by atoms with Gasteiger partial charge in [0, 0.05) is 44.7 Å². The Morgan fingerprint density at radius 2 is 1.89 bits per heavy atom. The molecule has 1 aromatic heterocycles. The molecule has 144 valence electrons. The number of hydrogen-bond acceptors (Lipinski definition) is 5. The molecule has 2 aromatic rings. The number of carbonyl (C=O) groups excluding carboxylic acids is 1. The maximum Gasteiger partial charge on any atom is 0.318 e. The summed E-state index contributed by atoms with van der Waals surface area (Å²) in [6.07, 6.45) is 4.82. The Morgan fingerprint density at radius 1 is 1.07 bits per heavy atom. The Hall–Kier alpha value is -1.86. The first kappa shape index (κ1) is 17.3. The van der Waals surface area contributed by atoms with E-state index >= 15 is 0 Å². The van der Waals surface area contributed by atoms with E-state index in [1.54, 1.807) is 11.5 Å². The topological polar surface area (TPSA) is 51.7 Å². The van der Waals surface area contributed by atoms with Crippen molar-refractivity contribution in [3.8, 4) is 0 Å². The highest BCUT2D eigenvalue weighted by atomic mass is 32.1. The number of amides is 2. The van der Waals surface area contributed by atoms with Crippen molar-refractivity contribution in [3.63, 3.8) is 0 Å². The van der Waals surface area contributed by atoms with E-state index in [0.717, 1.165) is 57.9 Å². The van der Waals surface area contributed by atoms with E-state index < -0.39 is 0 Å². The predicted molar refractivity (Wildman–Crippen MR) is 110 cm³/mol. The van der Waals surface area contributed by atoms with Gasteiger partial charge in [0.15, 0.2) is 0 Å².